The molecule has 7 nitrogen and oxygen atoms in total. The summed E-state index contributed by atoms with van der Waals surface area (Å²) in [5, 5.41) is 4.17. The van der Waals surface area contributed by atoms with Gasteiger partial charge in [0, 0.05) is 23.7 Å². The lowest BCUT2D eigenvalue weighted by Gasteiger charge is -2.22. The molecule has 0 aliphatic carbocycles. The molecule has 1 heterocycles. The van der Waals surface area contributed by atoms with Crippen LogP contribution in [0.3, 0.4) is 0 Å². The summed E-state index contributed by atoms with van der Waals surface area (Å²) in [6, 6.07) is 20.2. The van der Waals surface area contributed by atoms with Crippen LogP contribution in [0.25, 0.3) is 11.3 Å². The summed E-state index contributed by atoms with van der Waals surface area (Å²) in [6.07, 6.45) is 0. The van der Waals surface area contributed by atoms with Crippen LogP contribution in [0.5, 0.6) is 17.2 Å². The Morgan fingerprint density at radius 1 is 0.886 bits per heavy atom. The summed E-state index contributed by atoms with van der Waals surface area (Å²) in [6.45, 7) is 0.444. The molecule has 35 heavy (non-hydrogen) atoms. The van der Waals surface area contributed by atoms with E-state index in [1.165, 1.54) is 12.1 Å². The van der Waals surface area contributed by atoms with Crippen molar-refractivity contribution in [2.75, 3.05) is 21.3 Å². The van der Waals surface area contributed by atoms with Gasteiger partial charge in [0.1, 0.15) is 17.3 Å². The first-order valence-corrected chi connectivity index (χ1v) is 10.9. The van der Waals surface area contributed by atoms with Gasteiger partial charge in [0.2, 0.25) is 0 Å². The molecule has 0 aliphatic heterocycles. The Balaban J connectivity index is 1.61. The van der Waals surface area contributed by atoms with Gasteiger partial charge in [-0.15, -0.1) is 0 Å². The number of benzene rings is 3. The molecule has 0 fully saturated rings. The molecule has 180 valence electrons. The van der Waals surface area contributed by atoms with E-state index in [1.54, 1.807) is 80.8 Å². The van der Waals surface area contributed by atoms with E-state index in [1.807, 2.05) is 6.07 Å². The monoisotopic (exact) mass is 476 g/mol. The van der Waals surface area contributed by atoms with Crippen LogP contribution in [0.2, 0.25) is 0 Å². The van der Waals surface area contributed by atoms with E-state index in [0.717, 1.165) is 11.1 Å². The van der Waals surface area contributed by atoms with Crippen molar-refractivity contribution in [3.05, 3.63) is 95.4 Å². The highest BCUT2D eigenvalue weighted by Gasteiger charge is 2.20. The quantitative estimate of drug-likeness (QED) is 0.324. The Kier molecular flexibility index (Phi) is 7.30. The Morgan fingerprint density at radius 3 is 2.37 bits per heavy atom. The lowest BCUT2D eigenvalue weighted by atomic mass is 10.1. The number of hydrogen-bond acceptors (Lipinski definition) is 6. The van der Waals surface area contributed by atoms with Crippen molar-refractivity contribution < 1.29 is 27.9 Å². The maximum Gasteiger partial charge on any atom is 0.254 e. The second-order valence-corrected chi connectivity index (χ2v) is 7.77. The van der Waals surface area contributed by atoms with Gasteiger partial charge >= 0.3 is 0 Å². The molecular weight excluding hydrogens is 451 g/mol. The number of carbonyl (C=O) groups excluding carboxylic acids is 1. The highest BCUT2D eigenvalue weighted by molar-refractivity contribution is 5.94. The van der Waals surface area contributed by atoms with E-state index in [9.17, 15) is 9.18 Å². The third-order valence-electron chi connectivity index (χ3n) is 5.47. The third kappa shape index (κ3) is 5.60. The van der Waals surface area contributed by atoms with Crippen LogP contribution in [-0.2, 0) is 13.1 Å². The number of aromatic nitrogens is 1. The van der Waals surface area contributed by atoms with Gasteiger partial charge in [0.05, 0.1) is 27.9 Å². The molecule has 0 aliphatic rings. The minimum Gasteiger partial charge on any atom is -0.497 e. The number of carbonyl (C=O) groups is 1. The van der Waals surface area contributed by atoms with E-state index in [2.05, 4.69) is 5.16 Å². The van der Waals surface area contributed by atoms with Gasteiger partial charge in [-0.1, -0.05) is 23.4 Å². The number of halogens is 1. The number of amides is 1. The normalized spacial score (nSPS) is 10.6. The molecule has 1 aromatic heterocycles. The zero-order valence-electron chi connectivity index (χ0n) is 19.7. The Labute approximate surface area is 202 Å². The van der Waals surface area contributed by atoms with Gasteiger partial charge in [0.25, 0.3) is 5.91 Å². The van der Waals surface area contributed by atoms with Crippen LogP contribution < -0.4 is 14.2 Å². The lowest BCUT2D eigenvalue weighted by Crippen LogP contribution is -2.30. The average molecular weight is 477 g/mol. The molecule has 3 aromatic carbocycles. The van der Waals surface area contributed by atoms with Gasteiger partial charge in [-0.3, -0.25) is 4.79 Å². The number of hydrogen-bond donors (Lipinski definition) is 0. The summed E-state index contributed by atoms with van der Waals surface area (Å²) in [5.41, 5.74) is 2.57. The standard InChI is InChI=1S/C27H25FN2O5/c1-32-23-6-4-5-20(13-23)27(31)30(16-18-7-10-21(28)11-8-18)17-22-15-25(35-29-22)19-9-12-24(33-2)26(14-19)34-3/h4-15H,16-17H2,1-3H3. The van der Waals surface area contributed by atoms with Crippen molar-refractivity contribution in [1.82, 2.24) is 10.1 Å². The van der Waals surface area contributed by atoms with E-state index in [-0.39, 0.29) is 24.8 Å². The van der Waals surface area contributed by atoms with Crippen molar-refractivity contribution in [3.8, 4) is 28.6 Å². The van der Waals surface area contributed by atoms with E-state index in [0.29, 0.717) is 34.3 Å². The zero-order valence-corrected chi connectivity index (χ0v) is 19.7. The Bertz CT molecular complexity index is 1300. The fourth-order valence-electron chi connectivity index (χ4n) is 3.66. The Hall–Kier alpha value is -4.33. The van der Waals surface area contributed by atoms with Crippen LogP contribution in [0.1, 0.15) is 21.6 Å². The summed E-state index contributed by atoms with van der Waals surface area (Å²) >= 11 is 0. The van der Waals surface area contributed by atoms with E-state index in [4.69, 9.17) is 18.7 Å². The topological polar surface area (TPSA) is 74.0 Å². The highest BCUT2D eigenvalue weighted by Crippen LogP contribution is 2.32. The summed E-state index contributed by atoms with van der Waals surface area (Å²) in [7, 11) is 4.68. The SMILES string of the molecule is COc1cccc(C(=O)N(Cc2ccc(F)cc2)Cc2cc(-c3ccc(OC)c(OC)c3)on2)c1. The molecule has 4 rings (SSSR count). The van der Waals surface area contributed by atoms with Crippen molar-refractivity contribution in [3.63, 3.8) is 0 Å². The van der Waals surface area contributed by atoms with Crippen molar-refractivity contribution in [1.29, 1.82) is 0 Å². The molecule has 0 bridgehead atoms. The number of methoxy groups -OCH3 is 3. The van der Waals surface area contributed by atoms with Crippen molar-refractivity contribution in [2.45, 2.75) is 13.1 Å². The predicted molar refractivity (Wildman–Crippen MR) is 128 cm³/mol. The van der Waals surface area contributed by atoms with Crippen LogP contribution in [0.4, 0.5) is 4.39 Å². The fraction of sp³-hybridized carbons (Fsp3) is 0.185. The molecule has 0 atom stereocenters. The molecule has 0 saturated heterocycles. The molecular formula is C27H25FN2O5. The maximum absolute atomic E-state index is 13.4. The number of nitrogens with zero attached hydrogens (tertiary/aromatic N) is 2. The second-order valence-electron chi connectivity index (χ2n) is 7.77. The first-order valence-electron chi connectivity index (χ1n) is 10.9. The lowest BCUT2D eigenvalue weighted by molar-refractivity contribution is 0.0726. The van der Waals surface area contributed by atoms with Gasteiger partial charge in [0.15, 0.2) is 17.3 Å². The molecule has 0 spiro atoms. The first-order chi connectivity index (χ1) is 17.0. The van der Waals surface area contributed by atoms with Crippen LogP contribution >= 0.6 is 0 Å². The molecule has 4 aromatic rings. The molecule has 0 N–H and O–H groups in total. The van der Waals surface area contributed by atoms with Crippen LogP contribution in [-0.4, -0.2) is 37.3 Å². The van der Waals surface area contributed by atoms with Gasteiger partial charge in [-0.05, 0) is 54.1 Å². The first kappa shape index (κ1) is 23.8. The third-order valence-corrected chi connectivity index (χ3v) is 5.47. The second kappa shape index (κ2) is 10.7. The van der Waals surface area contributed by atoms with Crippen LogP contribution in [0, 0.1) is 5.82 Å². The van der Waals surface area contributed by atoms with E-state index >= 15 is 0 Å². The minimum atomic E-state index is -0.338. The van der Waals surface area contributed by atoms with Crippen molar-refractivity contribution >= 4 is 5.91 Å². The zero-order chi connectivity index (χ0) is 24.8. The van der Waals surface area contributed by atoms with Gasteiger partial charge < -0.3 is 23.6 Å². The summed E-state index contributed by atoms with van der Waals surface area (Å²) in [4.78, 5) is 15.1. The average Bonchev–Trinajstić information content (AvgIpc) is 3.37. The van der Waals surface area contributed by atoms with Crippen molar-refractivity contribution in [2.24, 2.45) is 0 Å². The summed E-state index contributed by atoms with van der Waals surface area (Å²) < 4.78 is 34.9. The summed E-state index contributed by atoms with van der Waals surface area (Å²) in [5.74, 6) is 1.71. The Morgan fingerprint density at radius 2 is 1.66 bits per heavy atom. The minimum absolute atomic E-state index is 0.185. The molecule has 0 radical (unpaired) electrons. The molecule has 1 amide bonds. The van der Waals surface area contributed by atoms with Crippen LogP contribution in [0.15, 0.2) is 77.3 Å². The number of ether oxygens (including phenoxy) is 3. The molecule has 8 heteroatoms. The largest absolute Gasteiger partial charge is 0.497 e. The highest BCUT2D eigenvalue weighted by atomic mass is 19.1. The fourth-order valence-corrected chi connectivity index (χ4v) is 3.66. The maximum atomic E-state index is 13.4. The number of rotatable bonds is 9. The smallest absolute Gasteiger partial charge is 0.254 e. The van der Waals surface area contributed by atoms with Gasteiger partial charge in [-0.2, -0.15) is 0 Å². The molecule has 0 unspecified atom stereocenters. The molecule has 0 saturated carbocycles. The predicted octanol–water partition coefficient (Wildman–Crippen LogP) is 5.35. The van der Waals surface area contributed by atoms with Gasteiger partial charge in [-0.25, -0.2) is 4.39 Å². The van der Waals surface area contributed by atoms with E-state index < -0.39 is 0 Å².